The minimum Gasteiger partial charge on any atom is -0.376 e. The van der Waals surface area contributed by atoms with Crippen molar-refractivity contribution >= 4 is 37.5 Å². The molecular weight excluding hydrogens is 370 g/mol. The third kappa shape index (κ3) is 4.20. The third-order valence-electron chi connectivity index (χ3n) is 3.47. The fourth-order valence-corrected chi connectivity index (χ4v) is 3.35. The van der Waals surface area contributed by atoms with Crippen molar-refractivity contribution in [2.75, 3.05) is 24.6 Å². The average molecular weight is 391 g/mol. The lowest BCUT2D eigenvalue weighted by atomic mass is 10.1. The molecule has 0 amide bonds. The van der Waals surface area contributed by atoms with E-state index in [1.54, 1.807) is 0 Å². The van der Waals surface area contributed by atoms with Crippen molar-refractivity contribution in [2.24, 2.45) is 0 Å². The molecule has 0 spiro atoms. The van der Waals surface area contributed by atoms with Crippen molar-refractivity contribution in [2.45, 2.75) is 37.6 Å². The topological polar surface area (TPSA) is 12.5 Å². The Kier molecular flexibility index (Phi) is 6.17. The van der Waals surface area contributed by atoms with Crippen LogP contribution in [0.1, 0.15) is 31.7 Å². The van der Waals surface area contributed by atoms with Gasteiger partial charge in [-0.1, -0.05) is 44.8 Å². The van der Waals surface area contributed by atoms with Crippen LogP contribution in [0.5, 0.6) is 0 Å². The van der Waals surface area contributed by atoms with Gasteiger partial charge in [0.05, 0.1) is 6.10 Å². The second kappa shape index (κ2) is 7.65. The monoisotopic (exact) mass is 389 g/mol. The maximum atomic E-state index is 5.92. The van der Waals surface area contributed by atoms with Crippen molar-refractivity contribution in [3.63, 3.8) is 0 Å². The molecule has 2 nitrogen and oxygen atoms in total. The first-order valence-corrected chi connectivity index (χ1v) is 8.87. The predicted molar refractivity (Wildman–Crippen MR) is 88.3 cm³/mol. The molecule has 1 atom stereocenters. The van der Waals surface area contributed by atoms with Gasteiger partial charge in [0.1, 0.15) is 0 Å². The highest BCUT2D eigenvalue weighted by Crippen LogP contribution is 2.29. The van der Waals surface area contributed by atoms with E-state index in [0.717, 1.165) is 35.9 Å². The molecule has 0 N–H and O–H groups in total. The summed E-state index contributed by atoms with van der Waals surface area (Å²) in [6.07, 6.45) is 3.88. The number of rotatable bonds is 5. The molecule has 106 valence electrons. The number of nitrogens with zero attached hydrogens (tertiary/aromatic N) is 1. The summed E-state index contributed by atoms with van der Waals surface area (Å²) < 4.78 is 7.06. The van der Waals surface area contributed by atoms with Gasteiger partial charge in [-0.05, 0) is 37.0 Å². The van der Waals surface area contributed by atoms with Crippen LogP contribution in [0.2, 0.25) is 0 Å². The Labute approximate surface area is 132 Å². The SMILES string of the molecule is CCCOC1CCCN(c2cc(Br)ccc2CBr)C1. The molecule has 1 saturated heterocycles. The van der Waals surface area contributed by atoms with Crippen LogP contribution in [-0.2, 0) is 10.1 Å². The van der Waals surface area contributed by atoms with Crippen molar-refractivity contribution in [1.82, 2.24) is 0 Å². The lowest BCUT2D eigenvalue weighted by Crippen LogP contribution is -2.40. The Morgan fingerprint density at radius 3 is 3.00 bits per heavy atom. The molecular formula is C15H21Br2NO. The third-order valence-corrected chi connectivity index (χ3v) is 4.57. The van der Waals surface area contributed by atoms with Crippen LogP contribution in [0.25, 0.3) is 0 Å². The van der Waals surface area contributed by atoms with Gasteiger partial charge in [-0.2, -0.15) is 0 Å². The molecule has 0 aromatic heterocycles. The number of alkyl halides is 1. The van der Waals surface area contributed by atoms with Gasteiger partial charge in [0, 0.05) is 35.2 Å². The van der Waals surface area contributed by atoms with Gasteiger partial charge < -0.3 is 9.64 Å². The summed E-state index contributed by atoms with van der Waals surface area (Å²) in [5.74, 6) is 0. The Morgan fingerprint density at radius 1 is 1.42 bits per heavy atom. The molecule has 0 bridgehead atoms. The molecule has 1 aliphatic rings. The molecule has 1 aromatic carbocycles. The fourth-order valence-electron chi connectivity index (χ4n) is 2.52. The number of ether oxygens (including phenoxy) is 1. The van der Waals surface area contributed by atoms with E-state index in [2.05, 4.69) is 61.9 Å². The number of hydrogen-bond acceptors (Lipinski definition) is 2. The molecule has 19 heavy (non-hydrogen) atoms. The highest BCUT2D eigenvalue weighted by atomic mass is 79.9. The fraction of sp³-hybridized carbons (Fsp3) is 0.600. The van der Waals surface area contributed by atoms with Crippen molar-refractivity contribution < 1.29 is 4.74 Å². The van der Waals surface area contributed by atoms with E-state index in [9.17, 15) is 0 Å². The Hall–Kier alpha value is -0.0600. The van der Waals surface area contributed by atoms with Crippen LogP contribution in [-0.4, -0.2) is 25.8 Å². The second-order valence-corrected chi connectivity index (χ2v) is 6.46. The molecule has 1 aromatic rings. The number of halogens is 2. The molecule has 4 heteroatoms. The minimum absolute atomic E-state index is 0.385. The van der Waals surface area contributed by atoms with E-state index in [-0.39, 0.29) is 0 Å². The van der Waals surface area contributed by atoms with E-state index in [4.69, 9.17) is 4.74 Å². The maximum Gasteiger partial charge on any atom is 0.0750 e. The highest BCUT2D eigenvalue weighted by Gasteiger charge is 2.22. The Balaban J connectivity index is 2.10. The first-order valence-electron chi connectivity index (χ1n) is 6.95. The number of benzene rings is 1. The number of piperidine rings is 1. The average Bonchev–Trinajstić information content (AvgIpc) is 2.45. The van der Waals surface area contributed by atoms with Gasteiger partial charge in [0.15, 0.2) is 0 Å². The van der Waals surface area contributed by atoms with Crippen LogP contribution < -0.4 is 4.90 Å². The smallest absolute Gasteiger partial charge is 0.0750 e. The molecule has 1 heterocycles. The lowest BCUT2D eigenvalue weighted by Gasteiger charge is -2.35. The highest BCUT2D eigenvalue weighted by molar-refractivity contribution is 9.10. The van der Waals surface area contributed by atoms with Gasteiger partial charge >= 0.3 is 0 Å². The number of hydrogen-bond donors (Lipinski definition) is 0. The molecule has 0 aliphatic carbocycles. The molecule has 2 rings (SSSR count). The summed E-state index contributed by atoms with van der Waals surface area (Å²) in [5.41, 5.74) is 2.68. The molecule has 0 saturated carbocycles. The maximum absolute atomic E-state index is 5.92. The van der Waals surface area contributed by atoms with Crippen LogP contribution >= 0.6 is 31.9 Å². The summed E-state index contributed by atoms with van der Waals surface area (Å²) in [7, 11) is 0. The van der Waals surface area contributed by atoms with Crippen molar-refractivity contribution in [3.05, 3.63) is 28.2 Å². The first kappa shape index (κ1) is 15.3. The van der Waals surface area contributed by atoms with Gasteiger partial charge in [-0.15, -0.1) is 0 Å². The van der Waals surface area contributed by atoms with Gasteiger partial charge in [-0.3, -0.25) is 0 Å². The van der Waals surface area contributed by atoms with Crippen LogP contribution in [0, 0.1) is 0 Å². The van der Waals surface area contributed by atoms with Crippen LogP contribution in [0.3, 0.4) is 0 Å². The molecule has 1 unspecified atom stereocenters. The van der Waals surface area contributed by atoms with Crippen LogP contribution in [0.4, 0.5) is 5.69 Å². The van der Waals surface area contributed by atoms with Gasteiger partial charge in [0.25, 0.3) is 0 Å². The van der Waals surface area contributed by atoms with E-state index < -0.39 is 0 Å². The Bertz CT molecular complexity index is 411. The zero-order chi connectivity index (χ0) is 13.7. The van der Waals surface area contributed by atoms with Gasteiger partial charge in [-0.25, -0.2) is 0 Å². The van der Waals surface area contributed by atoms with Gasteiger partial charge in [0.2, 0.25) is 0 Å². The first-order chi connectivity index (χ1) is 9.24. The minimum atomic E-state index is 0.385. The molecule has 1 aliphatic heterocycles. The zero-order valence-electron chi connectivity index (χ0n) is 11.4. The van der Waals surface area contributed by atoms with E-state index >= 15 is 0 Å². The van der Waals surface area contributed by atoms with Crippen molar-refractivity contribution in [1.29, 1.82) is 0 Å². The van der Waals surface area contributed by atoms with Crippen LogP contribution in [0.15, 0.2) is 22.7 Å². The largest absolute Gasteiger partial charge is 0.376 e. The number of anilines is 1. The normalized spacial score (nSPS) is 19.7. The van der Waals surface area contributed by atoms with E-state index in [0.29, 0.717) is 6.10 Å². The summed E-state index contributed by atoms with van der Waals surface area (Å²) in [6, 6.07) is 6.51. The summed E-state index contributed by atoms with van der Waals surface area (Å²) in [6.45, 7) is 5.18. The summed E-state index contributed by atoms with van der Waals surface area (Å²) >= 11 is 7.16. The zero-order valence-corrected chi connectivity index (χ0v) is 14.5. The predicted octanol–water partition coefficient (Wildman–Crippen LogP) is 4.74. The molecule has 0 radical (unpaired) electrons. The quantitative estimate of drug-likeness (QED) is 0.673. The lowest BCUT2D eigenvalue weighted by molar-refractivity contribution is 0.0440. The second-order valence-electron chi connectivity index (χ2n) is 4.99. The van der Waals surface area contributed by atoms with E-state index in [1.807, 2.05) is 0 Å². The molecule has 1 fully saturated rings. The van der Waals surface area contributed by atoms with E-state index in [1.165, 1.54) is 24.1 Å². The summed E-state index contributed by atoms with van der Waals surface area (Å²) in [5, 5.41) is 0.895. The standard InChI is InChI=1S/C15H21Br2NO/c1-2-8-19-14-4-3-7-18(11-14)15-9-13(17)6-5-12(15)10-16/h5-6,9,14H,2-4,7-8,10-11H2,1H3. The summed E-state index contributed by atoms with van der Waals surface area (Å²) in [4.78, 5) is 2.46. The van der Waals surface area contributed by atoms with Crippen molar-refractivity contribution in [3.8, 4) is 0 Å². The Morgan fingerprint density at radius 2 is 2.26 bits per heavy atom.